The Labute approximate surface area is 150 Å². The van der Waals surface area contributed by atoms with Gasteiger partial charge in [-0.05, 0) is 45.1 Å². The summed E-state index contributed by atoms with van der Waals surface area (Å²) in [4.78, 5) is 0. The summed E-state index contributed by atoms with van der Waals surface area (Å²) in [5, 5.41) is 11.8. The van der Waals surface area contributed by atoms with Crippen molar-refractivity contribution in [3.8, 4) is 0 Å². The highest BCUT2D eigenvalue weighted by Gasteiger charge is 2.71. The first-order chi connectivity index (χ1) is 11.9. The number of hydrogen-bond acceptors (Lipinski definition) is 5. The van der Waals surface area contributed by atoms with Crippen molar-refractivity contribution in [2.45, 2.75) is 57.2 Å². The normalized spacial score (nSPS) is 45.1. The van der Waals surface area contributed by atoms with Crippen molar-refractivity contribution in [3.63, 3.8) is 0 Å². The number of allylic oxidation sites excluding steroid dienone is 1. The van der Waals surface area contributed by atoms with Gasteiger partial charge < -0.3 is 24.1 Å². The van der Waals surface area contributed by atoms with Crippen LogP contribution in [-0.4, -0.2) is 49.2 Å². The van der Waals surface area contributed by atoms with Gasteiger partial charge in [0.1, 0.15) is 5.60 Å². The molecule has 5 aliphatic rings. The van der Waals surface area contributed by atoms with E-state index in [9.17, 15) is 5.11 Å². The molecule has 4 bridgehead atoms. The fourth-order valence-corrected chi connectivity index (χ4v) is 5.63. The Morgan fingerprint density at radius 3 is 2.76 bits per heavy atom. The van der Waals surface area contributed by atoms with Gasteiger partial charge in [0.15, 0.2) is 5.79 Å². The Hall–Kier alpha value is -0.720. The quantitative estimate of drug-likeness (QED) is 0.773. The van der Waals surface area contributed by atoms with Crippen molar-refractivity contribution in [2.75, 3.05) is 26.9 Å². The molecule has 5 heteroatoms. The molecule has 1 saturated carbocycles. The number of aliphatic hydroxyl groups is 1. The molecule has 3 fully saturated rings. The lowest BCUT2D eigenvalue weighted by molar-refractivity contribution is -0.313. The Kier molecular flexibility index (Phi) is 4.17. The van der Waals surface area contributed by atoms with Crippen LogP contribution in [0.15, 0.2) is 23.3 Å². The molecular formula is C20H30O5. The second-order valence-corrected chi connectivity index (χ2v) is 8.20. The summed E-state index contributed by atoms with van der Waals surface area (Å²) >= 11 is 0. The first-order valence-corrected chi connectivity index (χ1v) is 9.41. The first kappa shape index (κ1) is 17.7. The predicted octanol–water partition coefficient (Wildman–Crippen LogP) is 2.79. The molecule has 2 saturated heterocycles. The Bertz CT molecular complexity index is 605. The van der Waals surface area contributed by atoms with Crippen LogP contribution in [0, 0.1) is 17.8 Å². The highest BCUT2D eigenvalue weighted by molar-refractivity contribution is 5.38. The molecule has 0 unspecified atom stereocenters. The molecule has 0 aromatic rings. The molecule has 0 radical (unpaired) electrons. The molecule has 5 atom stereocenters. The van der Waals surface area contributed by atoms with Crippen molar-refractivity contribution in [1.29, 1.82) is 0 Å². The Morgan fingerprint density at radius 1 is 1.36 bits per heavy atom. The summed E-state index contributed by atoms with van der Waals surface area (Å²) in [6.07, 6.45) is 6.85. The number of hydrogen-bond donors (Lipinski definition) is 1. The SMILES string of the molecule is CO[C@]12OC[C@@H]3C[C@@H](C=C(C)[C@@H]31)[C@@]2(O)/C(C)=C/CCC1(C)OCCO1. The molecule has 5 rings (SSSR count). The van der Waals surface area contributed by atoms with Crippen molar-refractivity contribution in [1.82, 2.24) is 0 Å². The third kappa shape index (κ3) is 2.33. The molecule has 0 aromatic carbocycles. The van der Waals surface area contributed by atoms with E-state index in [0.717, 1.165) is 24.8 Å². The van der Waals surface area contributed by atoms with Gasteiger partial charge in [0.05, 0.1) is 19.8 Å². The molecule has 1 N–H and O–H groups in total. The predicted molar refractivity (Wildman–Crippen MR) is 92.8 cm³/mol. The van der Waals surface area contributed by atoms with Crippen LogP contribution < -0.4 is 0 Å². The van der Waals surface area contributed by atoms with Crippen LogP contribution >= 0.6 is 0 Å². The van der Waals surface area contributed by atoms with Gasteiger partial charge in [0.2, 0.25) is 5.79 Å². The van der Waals surface area contributed by atoms with E-state index in [-0.39, 0.29) is 11.8 Å². The maximum Gasteiger partial charge on any atom is 0.208 e. The van der Waals surface area contributed by atoms with Crippen LogP contribution in [0.25, 0.3) is 0 Å². The lowest BCUT2D eigenvalue weighted by Crippen LogP contribution is -2.68. The summed E-state index contributed by atoms with van der Waals surface area (Å²) in [6, 6.07) is 0. The zero-order chi connectivity index (χ0) is 17.9. The van der Waals surface area contributed by atoms with Crippen LogP contribution in [0.1, 0.15) is 40.0 Å². The summed E-state index contributed by atoms with van der Waals surface area (Å²) in [7, 11) is 1.66. The van der Waals surface area contributed by atoms with Gasteiger partial charge in [0.25, 0.3) is 0 Å². The van der Waals surface area contributed by atoms with E-state index in [1.165, 1.54) is 5.57 Å². The van der Waals surface area contributed by atoms with E-state index in [1.54, 1.807) is 7.11 Å². The van der Waals surface area contributed by atoms with Crippen LogP contribution in [-0.2, 0) is 18.9 Å². The van der Waals surface area contributed by atoms with E-state index < -0.39 is 17.2 Å². The van der Waals surface area contributed by atoms with Gasteiger partial charge in [-0.1, -0.05) is 17.7 Å². The van der Waals surface area contributed by atoms with E-state index in [1.807, 2.05) is 13.8 Å². The first-order valence-electron chi connectivity index (χ1n) is 9.41. The van der Waals surface area contributed by atoms with Gasteiger partial charge in [-0.15, -0.1) is 0 Å². The molecule has 140 valence electrons. The van der Waals surface area contributed by atoms with Crippen LogP contribution in [0.5, 0.6) is 0 Å². The minimum absolute atomic E-state index is 0.0377. The summed E-state index contributed by atoms with van der Waals surface area (Å²) in [5.74, 6) is -0.840. The molecule has 0 aromatic heterocycles. The summed E-state index contributed by atoms with van der Waals surface area (Å²) in [6.45, 7) is 8.09. The lowest BCUT2D eigenvalue weighted by atomic mass is 9.54. The zero-order valence-electron chi connectivity index (χ0n) is 15.7. The van der Waals surface area contributed by atoms with Gasteiger partial charge in [-0.3, -0.25) is 0 Å². The second kappa shape index (κ2) is 5.89. The van der Waals surface area contributed by atoms with E-state index >= 15 is 0 Å². The Morgan fingerprint density at radius 2 is 2.08 bits per heavy atom. The molecular weight excluding hydrogens is 320 g/mol. The minimum atomic E-state index is -1.11. The molecule has 2 heterocycles. The number of ether oxygens (including phenoxy) is 4. The summed E-state index contributed by atoms with van der Waals surface area (Å²) in [5.41, 5.74) is 1.10. The highest BCUT2D eigenvalue weighted by atomic mass is 16.7. The van der Waals surface area contributed by atoms with Gasteiger partial charge in [0, 0.05) is 25.4 Å². The zero-order valence-corrected chi connectivity index (χ0v) is 15.7. The van der Waals surface area contributed by atoms with Gasteiger partial charge in [-0.2, -0.15) is 0 Å². The van der Waals surface area contributed by atoms with E-state index in [2.05, 4.69) is 19.1 Å². The van der Waals surface area contributed by atoms with E-state index in [4.69, 9.17) is 18.9 Å². The molecule has 25 heavy (non-hydrogen) atoms. The second-order valence-electron chi connectivity index (χ2n) is 8.20. The number of methoxy groups -OCH3 is 1. The molecule has 0 amide bonds. The molecule has 0 spiro atoms. The number of rotatable bonds is 5. The van der Waals surface area contributed by atoms with Crippen LogP contribution in [0.4, 0.5) is 0 Å². The Balaban J connectivity index is 1.60. The maximum atomic E-state index is 11.8. The van der Waals surface area contributed by atoms with Crippen molar-refractivity contribution in [2.24, 2.45) is 17.8 Å². The average molecular weight is 350 g/mol. The third-order valence-corrected chi connectivity index (χ3v) is 6.82. The van der Waals surface area contributed by atoms with Crippen molar-refractivity contribution in [3.05, 3.63) is 23.3 Å². The monoisotopic (exact) mass is 350 g/mol. The molecule has 3 aliphatic carbocycles. The topological polar surface area (TPSA) is 57.2 Å². The largest absolute Gasteiger partial charge is 0.379 e. The highest BCUT2D eigenvalue weighted by Crippen LogP contribution is 2.63. The maximum absolute atomic E-state index is 11.8. The lowest BCUT2D eigenvalue weighted by Gasteiger charge is -2.57. The third-order valence-electron chi connectivity index (χ3n) is 6.82. The van der Waals surface area contributed by atoms with Gasteiger partial charge >= 0.3 is 0 Å². The van der Waals surface area contributed by atoms with Gasteiger partial charge in [-0.25, -0.2) is 0 Å². The fraction of sp³-hybridized carbons (Fsp3) is 0.800. The molecule has 2 aliphatic heterocycles. The summed E-state index contributed by atoms with van der Waals surface area (Å²) < 4.78 is 23.4. The minimum Gasteiger partial charge on any atom is -0.379 e. The average Bonchev–Trinajstić information content (AvgIpc) is 3.16. The van der Waals surface area contributed by atoms with Crippen LogP contribution in [0.3, 0.4) is 0 Å². The van der Waals surface area contributed by atoms with E-state index in [0.29, 0.717) is 25.7 Å². The van der Waals surface area contributed by atoms with Crippen LogP contribution in [0.2, 0.25) is 0 Å². The molecule has 5 nitrogen and oxygen atoms in total. The van der Waals surface area contributed by atoms with Crippen molar-refractivity contribution >= 4 is 0 Å². The van der Waals surface area contributed by atoms with Crippen molar-refractivity contribution < 1.29 is 24.1 Å². The standard InChI is InChI=1S/C20H30O5/c1-13-10-16-11-15-12-25-20(22-4,17(13)15)19(16,21)14(2)6-5-7-18(3)23-8-9-24-18/h6,10,15-17,21H,5,7-9,11-12H2,1-4H3/b14-6+/t15-,16+,17-,19-,20-/m0/s1. The fourth-order valence-electron chi connectivity index (χ4n) is 5.63. The smallest absolute Gasteiger partial charge is 0.208 e.